The summed E-state index contributed by atoms with van der Waals surface area (Å²) in [5.41, 5.74) is 1.16. The largest absolute Gasteiger partial charge is 0.321 e. The summed E-state index contributed by atoms with van der Waals surface area (Å²) >= 11 is 0. The summed E-state index contributed by atoms with van der Waals surface area (Å²) in [6.45, 7) is 1.73. The lowest BCUT2D eigenvalue weighted by molar-refractivity contribution is -0.384. The molecule has 1 amide bonds. The molecule has 2 aromatic carbocycles. The molecule has 1 fully saturated rings. The summed E-state index contributed by atoms with van der Waals surface area (Å²) in [7, 11) is -2.03. The molecule has 8 nitrogen and oxygen atoms in total. The number of hydrogen-bond donors (Lipinski definition) is 1. The molecule has 0 saturated heterocycles. The highest BCUT2D eigenvalue weighted by Crippen LogP contribution is 2.27. The number of rotatable bonds is 6. The van der Waals surface area contributed by atoms with E-state index in [2.05, 4.69) is 5.32 Å². The molecule has 0 bridgehead atoms. The van der Waals surface area contributed by atoms with Crippen molar-refractivity contribution in [2.24, 2.45) is 0 Å². The fourth-order valence-corrected chi connectivity index (χ4v) is 5.05. The average molecular weight is 432 g/mol. The Labute approximate surface area is 176 Å². The number of hydrogen-bond acceptors (Lipinski definition) is 5. The van der Waals surface area contributed by atoms with Gasteiger partial charge >= 0.3 is 0 Å². The Morgan fingerprint density at radius 3 is 2.33 bits per heavy atom. The minimum absolute atomic E-state index is 0.00331. The van der Waals surface area contributed by atoms with Gasteiger partial charge in [0.1, 0.15) is 0 Å². The summed E-state index contributed by atoms with van der Waals surface area (Å²) in [5, 5.41) is 13.6. The van der Waals surface area contributed by atoms with Gasteiger partial charge in [0.15, 0.2) is 0 Å². The van der Waals surface area contributed by atoms with Gasteiger partial charge in [-0.15, -0.1) is 0 Å². The maximum absolute atomic E-state index is 12.9. The van der Waals surface area contributed by atoms with Crippen LogP contribution < -0.4 is 5.32 Å². The number of benzene rings is 2. The van der Waals surface area contributed by atoms with E-state index in [1.165, 1.54) is 40.7 Å². The van der Waals surface area contributed by atoms with Gasteiger partial charge in [0.25, 0.3) is 11.6 Å². The van der Waals surface area contributed by atoms with Crippen molar-refractivity contribution in [3.8, 4) is 0 Å². The number of nitro groups is 1. The van der Waals surface area contributed by atoms with E-state index in [1.807, 2.05) is 0 Å². The summed E-state index contributed by atoms with van der Waals surface area (Å²) in [4.78, 5) is 23.1. The van der Waals surface area contributed by atoms with Crippen LogP contribution in [0.25, 0.3) is 0 Å². The molecule has 0 aromatic heterocycles. The summed E-state index contributed by atoms with van der Waals surface area (Å²) in [6, 6.07) is 9.97. The third kappa shape index (κ3) is 4.68. The second kappa shape index (κ2) is 8.93. The molecule has 1 aliphatic carbocycles. The van der Waals surface area contributed by atoms with Crippen LogP contribution in [0.1, 0.15) is 48.0 Å². The van der Waals surface area contributed by atoms with Gasteiger partial charge < -0.3 is 5.32 Å². The van der Waals surface area contributed by atoms with Gasteiger partial charge in [0.05, 0.1) is 15.5 Å². The van der Waals surface area contributed by atoms with E-state index in [1.54, 1.807) is 20.0 Å². The van der Waals surface area contributed by atoms with Crippen LogP contribution in [0.5, 0.6) is 0 Å². The van der Waals surface area contributed by atoms with Crippen molar-refractivity contribution in [2.45, 2.75) is 50.0 Å². The van der Waals surface area contributed by atoms with Gasteiger partial charge in [-0.25, -0.2) is 8.42 Å². The number of nitrogens with one attached hydrogen (secondary N) is 1. The number of anilines is 1. The van der Waals surface area contributed by atoms with Gasteiger partial charge in [-0.1, -0.05) is 25.3 Å². The van der Waals surface area contributed by atoms with Crippen LogP contribution >= 0.6 is 0 Å². The van der Waals surface area contributed by atoms with Gasteiger partial charge in [-0.2, -0.15) is 4.31 Å². The van der Waals surface area contributed by atoms with E-state index in [9.17, 15) is 23.3 Å². The maximum Gasteiger partial charge on any atom is 0.271 e. The lowest BCUT2D eigenvalue weighted by Gasteiger charge is -2.30. The Kier molecular flexibility index (Phi) is 6.52. The van der Waals surface area contributed by atoms with Gasteiger partial charge in [0.2, 0.25) is 10.0 Å². The number of nitro benzene ring substituents is 1. The summed E-state index contributed by atoms with van der Waals surface area (Å²) < 4.78 is 27.3. The highest BCUT2D eigenvalue weighted by Gasteiger charge is 2.29. The summed E-state index contributed by atoms with van der Waals surface area (Å²) in [5.74, 6) is -0.469. The van der Waals surface area contributed by atoms with Crippen LogP contribution in [0.4, 0.5) is 11.4 Å². The van der Waals surface area contributed by atoms with Crippen LogP contribution in [0.15, 0.2) is 47.4 Å². The Morgan fingerprint density at radius 1 is 1.10 bits per heavy atom. The molecule has 9 heteroatoms. The fourth-order valence-electron chi connectivity index (χ4n) is 3.64. The zero-order chi connectivity index (χ0) is 21.9. The molecule has 0 aliphatic heterocycles. The topological polar surface area (TPSA) is 110 Å². The average Bonchev–Trinajstić information content (AvgIpc) is 2.75. The monoisotopic (exact) mass is 431 g/mol. The molecule has 3 rings (SSSR count). The lowest BCUT2D eigenvalue weighted by atomic mass is 9.96. The zero-order valence-corrected chi connectivity index (χ0v) is 17.8. The SMILES string of the molecule is Cc1ccc([N+](=O)[O-])cc1NC(=O)c1ccc(S(=O)(=O)N(C)C2CCCCC2)cc1. The first kappa shape index (κ1) is 21.9. The third-order valence-electron chi connectivity index (χ3n) is 5.56. The fraction of sp³-hybridized carbons (Fsp3) is 0.381. The number of aryl methyl sites for hydroxylation is 1. The maximum atomic E-state index is 12.9. The molecule has 0 spiro atoms. The highest BCUT2D eigenvalue weighted by molar-refractivity contribution is 7.89. The number of carbonyl (C=O) groups excluding carboxylic acids is 1. The Bertz CT molecular complexity index is 1040. The van der Waals surface area contributed by atoms with Crippen molar-refractivity contribution in [1.82, 2.24) is 4.31 Å². The van der Waals surface area contributed by atoms with E-state index < -0.39 is 20.9 Å². The molecule has 1 N–H and O–H groups in total. The molecule has 0 atom stereocenters. The highest BCUT2D eigenvalue weighted by atomic mass is 32.2. The number of non-ortho nitro benzene ring substituents is 1. The number of amides is 1. The number of carbonyl (C=O) groups is 1. The molecule has 0 heterocycles. The van der Waals surface area contributed by atoms with Crippen molar-refractivity contribution in [3.05, 3.63) is 63.7 Å². The second-order valence-corrected chi connectivity index (χ2v) is 9.55. The predicted octanol–water partition coefficient (Wildman–Crippen LogP) is 4.11. The molecule has 1 saturated carbocycles. The van der Waals surface area contributed by atoms with Gasteiger partial charge in [0, 0.05) is 30.8 Å². The molecular weight excluding hydrogens is 406 g/mol. The molecule has 0 unspecified atom stereocenters. The second-order valence-electron chi connectivity index (χ2n) is 7.55. The smallest absolute Gasteiger partial charge is 0.271 e. The van der Waals surface area contributed by atoms with E-state index in [0.29, 0.717) is 11.3 Å². The van der Waals surface area contributed by atoms with Crippen LogP contribution in [-0.2, 0) is 10.0 Å². The first-order valence-corrected chi connectivity index (χ1v) is 11.3. The van der Waals surface area contributed by atoms with Crippen LogP contribution in [0.3, 0.4) is 0 Å². The van der Waals surface area contributed by atoms with E-state index >= 15 is 0 Å². The van der Waals surface area contributed by atoms with Crippen LogP contribution in [0.2, 0.25) is 0 Å². The summed E-state index contributed by atoms with van der Waals surface area (Å²) in [6.07, 6.45) is 4.91. The number of nitrogens with zero attached hydrogens (tertiary/aromatic N) is 2. The molecule has 30 heavy (non-hydrogen) atoms. The molecular formula is C21H25N3O5S. The van der Waals surface area contributed by atoms with Crippen molar-refractivity contribution in [2.75, 3.05) is 12.4 Å². The number of sulfonamides is 1. The van der Waals surface area contributed by atoms with Crippen molar-refractivity contribution in [1.29, 1.82) is 0 Å². The van der Waals surface area contributed by atoms with Gasteiger partial charge in [-0.05, 0) is 49.6 Å². The molecule has 2 aromatic rings. The third-order valence-corrected chi connectivity index (χ3v) is 7.49. The zero-order valence-electron chi connectivity index (χ0n) is 17.0. The van der Waals surface area contributed by atoms with Crippen molar-refractivity contribution < 1.29 is 18.1 Å². The van der Waals surface area contributed by atoms with E-state index in [-0.39, 0.29) is 22.2 Å². The molecule has 1 aliphatic rings. The van der Waals surface area contributed by atoms with Crippen LogP contribution in [-0.4, -0.2) is 36.6 Å². The Hall–Kier alpha value is -2.78. The lowest BCUT2D eigenvalue weighted by Crippen LogP contribution is -2.38. The predicted molar refractivity (Wildman–Crippen MR) is 114 cm³/mol. The van der Waals surface area contributed by atoms with Crippen LogP contribution in [0, 0.1) is 17.0 Å². The molecule has 160 valence electrons. The van der Waals surface area contributed by atoms with Gasteiger partial charge in [-0.3, -0.25) is 14.9 Å². The van der Waals surface area contributed by atoms with E-state index in [4.69, 9.17) is 0 Å². The quantitative estimate of drug-likeness (QED) is 0.547. The minimum Gasteiger partial charge on any atom is -0.321 e. The first-order chi connectivity index (χ1) is 14.2. The van der Waals surface area contributed by atoms with E-state index in [0.717, 1.165) is 32.1 Å². The Balaban J connectivity index is 1.76. The van der Waals surface area contributed by atoms with Crippen molar-refractivity contribution >= 4 is 27.3 Å². The standard InChI is InChI=1S/C21H25N3O5S/c1-15-8-11-18(24(26)27)14-20(15)22-21(25)16-9-12-19(13-10-16)30(28,29)23(2)17-6-4-3-5-7-17/h8-14,17H,3-7H2,1-2H3,(H,22,25). The van der Waals surface area contributed by atoms with Crippen molar-refractivity contribution in [3.63, 3.8) is 0 Å². The Morgan fingerprint density at radius 2 is 1.73 bits per heavy atom. The first-order valence-electron chi connectivity index (χ1n) is 9.84. The molecule has 0 radical (unpaired) electrons. The minimum atomic E-state index is -3.64. The normalized spacial score (nSPS) is 15.2.